The fourth-order valence-corrected chi connectivity index (χ4v) is 5.75. The van der Waals surface area contributed by atoms with Gasteiger partial charge in [0, 0.05) is 26.1 Å². The highest BCUT2D eigenvalue weighted by molar-refractivity contribution is 5.79. The zero-order valence-corrected chi connectivity index (χ0v) is 34.5. The number of amides is 1. The van der Waals surface area contributed by atoms with Crippen LogP contribution in [-0.4, -0.2) is 177 Å². The van der Waals surface area contributed by atoms with E-state index in [-0.39, 0.29) is 12.0 Å². The fraction of sp³-hybridized carbons (Fsp3) is 0.698. The van der Waals surface area contributed by atoms with Crippen LogP contribution < -0.4 is 0 Å². The minimum absolute atomic E-state index is 0.0387. The number of benzene rings is 2. The molecular formula is C43H69NO13. The molecule has 1 aliphatic rings. The van der Waals surface area contributed by atoms with Crippen LogP contribution in [0.5, 0.6) is 0 Å². The highest BCUT2D eigenvalue weighted by atomic mass is 16.6. The highest BCUT2D eigenvalue weighted by Gasteiger charge is 2.29. The Hall–Kier alpha value is -2.73. The Morgan fingerprint density at radius 1 is 0.456 bits per heavy atom. The van der Waals surface area contributed by atoms with Crippen LogP contribution in [0.1, 0.15) is 43.2 Å². The summed E-state index contributed by atoms with van der Waals surface area (Å²) in [6.45, 7) is 14.3. The lowest BCUT2D eigenvalue weighted by molar-refractivity contribution is -0.0276. The third kappa shape index (κ3) is 22.9. The van der Waals surface area contributed by atoms with Crippen LogP contribution in [0.2, 0.25) is 0 Å². The monoisotopic (exact) mass is 807 g/mol. The lowest BCUT2D eigenvalue weighted by atomic mass is 9.98. The van der Waals surface area contributed by atoms with Gasteiger partial charge in [-0.2, -0.15) is 0 Å². The average molecular weight is 808 g/mol. The van der Waals surface area contributed by atoms with Crippen molar-refractivity contribution in [3.05, 3.63) is 59.7 Å². The van der Waals surface area contributed by atoms with Gasteiger partial charge in [0.15, 0.2) is 0 Å². The second-order valence-electron chi connectivity index (χ2n) is 13.2. The summed E-state index contributed by atoms with van der Waals surface area (Å²) in [6.07, 6.45) is 3.17. The number of carbonyl (C=O) groups is 1. The predicted molar refractivity (Wildman–Crippen MR) is 216 cm³/mol. The number of ether oxygens (including phenoxy) is 12. The van der Waals surface area contributed by atoms with E-state index in [1.54, 1.807) is 7.05 Å². The molecule has 324 valence electrons. The molecule has 1 amide bonds. The van der Waals surface area contributed by atoms with Crippen LogP contribution in [0, 0.1) is 0 Å². The molecule has 0 N–H and O–H groups in total. The number of likely N-dealkylation sites (N-methyl/N-ethyl adjacent to an activating group) is 1. The number of fused-ring (bicyclic) bond motifs is 3. The molecule has 1 aliphatic carbocycles. The Morgan fingerprint density at radius 3 is 1.12 bits per heavy atom. The van der Waals surface area contributed by atoms with Crippen molar-refractivity contribution in [2.45, 2.75) is 32.1 Å². The van der Waals surface area contributed by atoms with Crippen molar-refractivity contribution in [2.75, 3.05) is 166 Å². The van der Waals surface area contributed by atoms with E-state index in [1.807, 2.05) is 24.3 Å². The Morgan fingerprint density at radius 2 is 0.772 bits per heavy atom. The number of hydrogen-bond donors (Lipinski definition) is 0. The van der Waals surface area contributed by atoms with Crippen molar-refractivity contribution in [1.29, 1.82) is 0 Å². The van der Waals surface area contributed by atoms with Crippen LogP contribution in [0.4, 0.5) is 4.79 Å². The van der Waals surface area contributed by atoms with Crippen LogP contribution in [0.3, 0.4) is 0 Å². The van der Waals surface area contributed by atoms with E-state index in [4.69, 9.17) is 56.8 Å². The zero-order valence-electron chi connectivity index (χ0n) is 34.5. The molecule has 0 bridgehead atoms. The van der Waals surface area contributed by atoms with Gasteiger partial charge >= 0.3 is 6.09 Å². The Bertz CT molecular complexity index is 1210. The van der Waals surface area contributed by atoms with Crippen molar-refractivity contribution < 1.29 is 61.6 Å². The molecule has 0 fully saturated rings. The highest BCUT2D eigenvalue weighted by Crippen LogP contribution is 2.44. The molecular weight excluding hydrogens is 738 g/mol. The second-order valence-corrected chi connectivity index (χ2v) is 13.2. The first-order valence-electron chi connectivity index (χ1n) is 20.6. The number of unbranched alkanes of at least 4 members (excludes halogenated alkanes) is 2. The van der Waals surface area contributed by atoms with Gasteiger partial charge < -0.3 is 61.7 Å². The number of rotatable bonds is 39. The molecule has 0 aromatic heterocycles. The topological polar surface area (TPSA) is 131 Å². The second kappa shape index (κ2) is 34.2. The lowest BCUT2D eigenvalue weighted by Gasteiger charge is -2.19. The van der Waals surface area contributed by atoms with E-state index in [9.17, 15) is 4.79 Å². The lowest BCUT2D eigenvalue weighted by Crippen LogP contribution is -2.32. The molecule has 0 spiro atoms. The fourth-order valence-electron chi connectivity index (χ4n) is 5.75. The first kappa shape index (κ1) is 48.6. The van der Waals surface area contributed by atoms with E-state index >= 15 is 0 Å². The summed E-state index contributed by atoms with van der Waals surface area (Å²) < 4.78 is 66.4. The maximum Gasteiger partial charge on any atom is 0.409 e. The van der Waals surface area contributed by atoms with Gasteiger partial charge in [-0.3, -0.25) is 0 Å². The van der Waals surface area contributed by atoms with Gasteiger partial charge in [0.25, 0.3) is 0 Å². The van der Waals surface area contributed by atoms with Gasteiger partial charge in [0.05, 0.1) is 139 Å². The summed E-state index contributed by atoms with van der Waals surface area (Å²) in [5.74, 6) is 0.0387. The molecule has 0 saturated carbocycles. The summed E-state index contributed by atoms with van der Waals surface area (Å²) in [4.78, 5) is 14.2. The summed E-state index contributed by atoms with van der Waals surface area (Å²) in [5.41, 5.74) is 4.80. The summed E-state index contributed by atoms with van der Waals surface area (Å²) in [6, 6.07) is 16.6. The Balaban J connectivity index is 0.955. The van der Waals surface area contributed by atoms with Gasteiger partial charge in [-0.1, -0.05) is 68.3 Å². The average Bonchev–Trinajstić information content (AvgIpc) is 3.55. The van der Waals surface area contributed by atoms with Crippen molar-refractivity contribution in [2.24, 2.45) is 0 Å². The summed E-state index contributed by atoms with van der Waals surface area (Å²) in [5, 5.41) is 0. The molecule has 0 heterocycles. The molecule has 14 nitrogen and oxygen atoms in total. The standard InChI is InChI=1S/C43H69NO13/c1-3-4-9-15-46-17-19-48-21-23-50-25-27-52-29-31-54-33-35-56-36-34-55-32-30-53-28-26-51-24-22-49-20-18-47-16-14-44(2)43(45)57-37-42-40-12-7-5-10-38(40)39-11-6-8-13-41(39)42/h5-8,10-13,42H,3-4,9,14-37H2,1-2H3. The maximum absolute atomic E-state index is 12.6. The summed E-state index contributed by atoms with van der Waals surface area (Å²) >= 11 is 0. The molecule has 0 unspecified atom stereocenters. The number of hydrogen-bond acceptors (Lipinski definition) is 13. The largest absolute Gasteiger partial charge is 0.448 e. The predicted octanol–water partition coefficient (Wildman–Crippen LogP) is 5.24. The smallest absolute Gasteiger partial charge is 0.409 e. The van der Waals surface area contributed by atoms with Gasteiger partial charge in [-0.15, -0.1) is 0 Å². The van der Waals surface area contributed by atoms with Gasteiger partial charge in [-0.25, -0.2) is 4.79 Å². The zero-order chi connectivity index (χ0) is 40.3. The summed E-state index contributed by atoms with van der Waals surface area (Å²) in [7, 11) is 1.72. The third-order valence-electron chi connectivity index (χ3n) is 8.83. The normalized spacial score (nSPS) is 12.2. The molecule has 0 saturated heterocycles. The Labute approximate surface area is 340 Å². The molecule has 0 radical (unpaired) electrons. The van der Waals surface area contributed by atoms with Gasteiger partial charge in [0.2, 0.25) is 0 Å². The van der Waals surface area contributed by atoms with Crippen LogP contribution >= 0.6 is 0 Å². The first-order valence-corrected chi connectivity index (χ1v) is 20.6. The molecule has 2 aromatic rings. The molecule has 14 heteroatoms. The third-order valence-corrected chi connectivity index (χ3v) is 8.83. The first-order chi connectivity index (χ1) is 28.2. The minimum Gasteiger partial charge on any atom is -0.448 e. The molecule has 0 atom stereocenters. The number of nitrogens with zero attached hydrogens (tertiary/aromatic N) is 1. The molecule has 2 aromatic carbocycles. The van der Waals surface area contributed by atoms with Crippen molar-refractivity contribution in [3.63, 3.8) is 0 Å². The number of carbonyl (C=O) groups excluding carboxylic acids is 1. The van der Waals surface area contributed by atoms with Gasteiger partial charge in [-0.05, 0) is 28.7 Å². The Kier molecular flexibility index (Phi) is 29.2. The van der Waals surface area contributed by atoms with E-state index in [0.29, 0.717) is 152 Å². The maximum atomic E-state index is 12.6. The molecule has 0 aliphatic heterocycles. The molecule has 3 rings (SSSR count). The van der Waals surface area contributed by atoms with Crippen LogP contribution in [0.25, 0.3) is 11.1 Å². The van der Waals surface area contributed by atoms with E-state index < -0.39 is 0 Å². The van der Waals surface area contributed by atoms with Gasteiger partial charge in [0.1, 0.15) is 6.61 Å². The van der Waals surface area contributed by atoms with Crippen LogP contribution in [-0.2, 0) is 56.8 Å². The van der Waals surface area contributed by atoms with Crippen molar-refractivity contribution in [1.82, 2.24) is 4.90 Å². The van der Waals surface area contributed by atoms with E-state index in [1.165, 1.54) is 40.0 Å². The minimum atomic E-state index is -0.363. The quantitative estimate of drug-likeness (QED) is 0.0818. The SMILES string of the molecule is CCCCCOCCOCCOCCOCCOCCOCCOCCOCCOCCOCCOCCN(C)C(=O)OCC1c2ccccc2-c2ccccc21. The van der Waals surface area contributed by atoms with E-state index in [0.717, 1.165) is 13.0 Å². The van der Waals surface area contributed by atoms with Crippen molar-refractivity contribution in [3.8, 4) is 11.1 Å². The van der Waals surface area contributed by atoms with Crippen molar-refractivity contribution >= 4 is 6.09 Å². The van der Waals surface area contributed by atoms with E-state index in [2.05, 4.69) is 31.2 Å². The molecule has 57 heavy (non-hydrogen) atoms. The van der Waals surface area contributed by atoms with Crippen LogP contribution in [0.15, 0.2) is 48.5 Å².